The molecule has 0 bridgehead atoms. The predicted octanol–water partition coefficient (Wildman–Crippen LogP) is 16.7. The Hall–Kier alpha value is -7.00. The average Bonchev–Trinajstić information content (AvgIpc) is 3.92. The van der Waals surface area contributed by atoms with Crippen LogP contribution in [0.5, 0.6) is 0 Å². The minimum Gasteiger partial charge on any atom is -0.456 e. The standard InChI is InChI=1S/C57H36OS/c1-57(2)46-28-27-34(52-39-21-10-8-19-37(39)51(33-15-4-3-5-16-33)38-20-9-11-22-40(38)52)31-45(46)42-25-14-24-41(56(42)57)44-32-48-53(36-18-7-6-17-35(36)44)55-47(58-48)29-30-50-54(55)43-23-12-13-26-49(43)59-50/h3-32H,1-2H3. The van der Waals surface area contributed by atoms with Gasteiger partial charge in [0, 0.05) is 36.4 Å². The zero-order chi connectivity index (χ0) is 39.0. The molecule has 0 radical (unpaired) electrons. The van der Waals surface area contributed by atoms with Crippen LogP contribution >= 0.6 is 11.3 Å². The molecule has 0 N–H and O–H groups in total. The van der Waals surface area contributed by atoms with Gasteiger partial charge in [0.1, 0.15) is 11.2 Å². The van der Waals surface area contributed by atoms with Crippen molar-refractivity contribution in [2.75, 3.05) is 0 Å². The molecule has 2 heterocycles. The van der Waals surface area contributed by atoms with E-state index in [1.54, 1.807) is 0 Å². The van der Waals surface area contributed by atoms with E-state index in [0.29, 0.717) is 0 Å². The largest absolute Gasteiger partial charge is 0.456 e. The molecule has 0 saturated carbocycles. The van der Waals surface area contributed by atoms with E-state index in [-0.39, 0.29) is 5.41 Å². The molecule has 2 heteroatoms. The number of furan rings is 1. The summed E-state index contributed by atoms with van der Waals surface area (Å²) in [6.45, 7) is 4.81. The molecule has 0 atom stereocenters. The molecule has 0 amide bonds. The van der Waals surface area contributed by atoms with Crippen LogP contribution in [-0.4, -0.2) is 0 Å². The summed E-state index contributed by atoms with van der Waals surface area (Å²) >= 11 is 1.86. The second kappa shape index (κ2) is 12.0. The molecule has 276 valence electrons. The first-order chi connectivity index (χ1) is 29.0. The van der Waals surface area contributed by atoms with Gasteiger partial charge < -0.3 is 4.42 Å². The van der Waals surface area contributed by atoms with Crippen molar-refractivity contribution in [3.05, 3.63) is 193 Å². The number of hydrogen-bond acceptors (Lipinski definition) is 2. The topological polar surface area (TPSA) is 13.1 Å². The average molecular weight is 769 g/mol. The molecule has 1 aliphatic carbocycles. The minimum atomic E-state index is -0.229. The maximum atomic E-state index is 6.86. The molecule has 0 aliphatic heterocycles. The molecule has 1 nitrogen and oxygen atoms in total. The molecular formula is C57H36OS. The van der Waals surface area contributed by atoms with Gasteiger partial charge in [0.15, 0.2) is 0 Å². The van der Waals surface area contributed by atoms with Gasteiger partial charge in [0.25, 0.3) is 0 Å². The van der Waals surface area contributed by atoms with Crippen molar-refractivity contribution in [1.82, 2.24) is 0 Å². The van der Waals surface area contributed by atoms with E-state index in [1.807, 2.05) is 11.3 Å². The third kappa shape index (κ3) is 4.50. The summed E-state index contributed by atoms with van der Waals surface area (Å²) in [7, 11) is 0. The van der Waals surface area contributed by atoms with Crippen LogP contribution in [0.2, 0.25) is 0 Å². The molecule has 59 heavy (non-hydrogen) atoms. The van der Waals surface area contributed by atoms with Gasteiger partial charge in [-0.15, -0.1) is 11.3 Å². The zero-order valence-electron chi connectivity index (χ0n) is 32.6. The van der Waals surface area contributed by atoms with Crippen LogP contribution in [0.15, 0.2) is 186 Å². The highest BCUT2D eigenvalue weighted by molar-refractivity contribution is 7.26. The van der Waals surface area contributed by atoms with E-state index < -0.39 is 0 Å². The van der Waals surface area contributed by atoms with Crippen molar-refractivity contribution >= 4 is 85.8 Å². The summed E-state index contributed by atoms with van der Waals surface area (Å²) in [5, 5.41) is 12.6. The Labute approximate surface area is 345 Å². The lowest BCUT2D eigenvalue weighted by molar-refractivity contribution is 0.661. The Kier molecular flexibility index (Phi) is 6.73. The fourth-order valence-electron chi connectivity index (χ4n) is 10.8. The van der Waals surface area contributed by atoms with E-state index in [4.69, 9.17) is 4.42 Å². The lowest BCUT2D eigenvalue weighted by Gasteiger charge is -2.25. The third-order valence-corrected chi connectivity index (χ3v) is 14.4. The Balaban J connectivity index is 1.05. The molecule has 0 saturated heterocycles. The predicted molar refractivity (Wildman–Crippen MR) is 253 cm³/mol. The van der Waals surface area contributed by atoms with E-state index in [9.17, 15) is 0 Å². The monoisotopic (exact) mass is 768 g/mol. The molecule has 0 spiro atoms. The number of hydrogen-bond donors (Lipinski definition) is 0. The second-order valence-corrected chi connectivity index (χ2v) is 17.8. The fraction of sp³-hybridized carbons (Fsp3) is 0.0526. The van der Waals surface area contributed by atoms with Crippen molar-refractivity contribution in [2.45, 2.75) is 19.3 Å². The van der Waals surface area contributed by atoms with Gasteiger partial charge in [0.05, 0.1) is 0 Å². The lowest BCUT2D eigenvalue weighted by atomic mass is 9.78. The summed E-state index contributed by atoms with van der Waals surface area (Å²) < 4.78 is 9.46. The van der Waals surface area contributed by atoms with Crippen molar-refractivity contribution < 1.29 is 4.42 Å². The molecule has 0 fully saturated rings. The van der Waals surface area contributed by atoms with Gasteiger partial charge in [0.2, 0.25) is 0 Å². The highest BCUT2D eigenvalue weighted by atomic mass is 32.1. The molecule has 13 rings (SSSR count). The molecule has 12 aromatic rings. The normalized spacial score (nSPS) is 13.4. The van der Waals surface area contributed by atoms with E-state index in [1.165, 1.54) is 119 Å². The van der Waals surface area contributed by atoms with Gasteiger partial charge in [-0.25, -0.2) is 0 Å². The SMILES string of the molecule is CC1(C)c2ccc(-c3c4ccccc4c(-c4ccccc4)c4ccccc34)cc2-c2cccc(-c3cc4oc5ccc6sc7ccccc7c6c5c4c4ccccc34)c21. The van der Waals surface area contributed by atoms with Crippen LogP contribution in [-0.2, 0) is 5.41 Å². The van der Waals surface area contributed by atoms with E-state index >= 15 is 0 Å². The summed E-state index contributed by atoms with van der Waals surface area (Å²) in [4.78, 5) is 0. The van der Waals surface area contributed by atoms with Gasteiger partial charge in [-0.1, -0.05) is 166 Å². The fourth-order valence-corrected chi connectivity index (χ4v) is 11.9. The molecule has 2 aromatic heterocycles. The van der Waals surface area contributed by atoms with Crippen LogP contribution in [0, 0.1) is 0 Å². The van der Waals surface area contributed by atoms with Gasteiger partial charge in [-0.3, -0.25) is 0 Å². The molecular weight excluding hydrogens is 733 g/mol. The maximum absolute atomic E-state index is 6.86. The number of thiophene rings is 1. The van der Waals surface area contributed by atoms with Crippen molar-refractivity contribution in [3.63, 3.8) is 0 Å². The first-order valence-corrected chi connectivity index (χ1v) is 21.3. The highest BCUT2D eigenvalue weighted by Crippen LogP contribution is 2.55. The molecule has 1 aliphatic rings. The smallest absolute Gasteiger partial charge is 0.136 e. The first-order valence-electron chi connectivity index (χ1n) is 20.5. The van der Waals surface area contributed by atoms with Gasteiger partial charge in [-0.05, 0) is 118 Å². The Morgan fingerprint density at radius 1 is 0.373 bits per heavy atom. The van der Waals surface area contributed by atoms with Crippen molar-refractivity contribution in [1.29, 1.82) is 0 Å². The lowest BCUT2D eigenvalue weighted by Crippen LogP contribution is -2.16. The molecule has 0 unspecified atom stereocenters. The summed E-state index contributed by atoms with van der Waals surface area (Å²) in [5.41, 5.74) is 14.5. The summed E-state index contributed by atoms with van der Waals surface area (Å²) in [5.74, 6) is 0. The highest BCUT2D eigenvalue weighted by Gasteiger charge is 2.38. The zero-order valence-corrected chi connectivity index (χ0v) is 33.5. The van der Waals surface area contributed by atoms with Crippen LogP contribution in [0.25, 0.3) is 119 Å². The number of fused-ring (bicyclic) bond motifs is 14. The maximum Gasteiger partial charge on any atom is 0.136 e. The number of benzene rings is 10. The Morgan fingerprint density at radius 2 is 0.966 bits per heavy atom. The Bertz CT molecular complexity index is 3690. The van der Waals surface area contributed by atoms with Crippen LogP contribution in [0.3, 0.4) is 0 Å². The number of rotatable bonds is 3. The van der Waals surface area contributed by atoms with E-state index in [0.717, 1.165) is 11.2 Å². The summed E-state index contributed by atoms with van der Waals surface area (Å²) in [6.07, 6.45) is 0. The van der Waals surface area contributed by atoms with Crippen LogP contribution in [0.4, 0.5) is 0 Å². The van der Waals surface area contributed by atoms with Crippen molar-refractivity contribution in [2.24, 2.45) is 0 Å². The van der Waals surface area contributed by atoms with E-state index in [2.05, 4.69) is 196 Å². The second-order valence-electron chi connectivity index (χ2n) is 16.7. The summed E-state index contributed by atoms with van der Waals surface area (Å²) in [6, 6.07) is 67.4. The quantitative estimate of drug-likeness (QED) is 0.163. The van der Waals surface area contributed by atoms with Crippen LogP contribution in [0.1, 0.15) is 25.0 Å². The van der Waals surface area contributed by atoms with Gasteiger partial charge >= 0.3 is 0 Å². The van der Waals surface area contributed by atoms with Gasteiger partial charge in [-0.2, -0.15) is 0 Å². The minimum absolute atomic E-state index is 0.229. The van der Waals surface area contributed by atoms with Crippen molar-refractivity contribution in [3.8, 4) is 44.5 Å². The molecule has 10 aromatic carbocycles. The van der Waals surface area contributed by atoms with Crippen LogP contribution < -0.4 is 0 Å². The third-order valence-electron chi connectivity index (χ3n) is 13.2. The Morgan fingerprint density at radius 3 is 1.68 bits per heavy atom. The first kappa shape index (κ1) is 33.0.